The lowest BCUT2D eigenvalue weighted by atomic mass is 10.0. The molecule has 2 fully saturated rings. The molecule has 2 aliphatic rings. The van der Waals surface area contributed by atoms with Gasteiger partial charge in [-0.25, -0.2) is 4.79 Å². The molecule has 3 heterocycles. The topological polar surface area (TPSA) is 53.4 Å². The summed E-state index contributed by atoms with van der Waals surface area (Å²) < 4.78 is 1.68. The first-order valence-electron chi connectivity index (χ1n) is 8.49. The van der Waals surface area contributed by atoms with Gasteiger partial charge in [0.05, 0.1) is 6.20 Å². The number of aromatic nitrogens is 2. The van der Waals surface area contributed by atoms with Crippen LogP contribution >= 0.6 is 0 Å². The van der Waals surface area contributed by atoms with E-state index in [9.17, 15) is 4.79 Å². The van der Waals surface area contributed by atoms with Crippen LogP contribution in [0.25, 0.3) is 0 Å². The van der Waals surface area contributed by atoms with Gasteiger partial charge in [0.1, 0.15) is 5.82 Å². The highest BCUT2D eigenvalue weighted by atomic mass is 16.2. The van der Waals surface area contributed by atoms with Crippen molar-refractivity contribution in [3.8, 4) is 0 Å². The van der Waals surface area contributed by atoms with Crippen LogP contribution in [0.4, 0.5) is 10.6 Å². The molecule has 0 saturated carbocycles. The summed E-state index contributed by atoms with van der Waals surface area (Å²) in [4.78, 5) is 16.9. The van der Waals surface area contributed by atoms with Crippen LogP contribution < -0.4 is 5.32 Å². The zero-order valence-electron chi connectivity index (χ0n) is 13.9. The van der Waals surface area contributed by atoms with Gasteiger partial charge in [-0.1, -0.05) is 30.3 Å². The van der Waals surface area contributed by atoms with Crippen molar-refractivity contribution in [2.75, 3.05) is 31.5 Å². The third kappa shape index (κ3) is 3.01. The molecule has 1 aromatic heterocycles. The van der Waals surface area contributed by atoms with Crippen molar-refractivity contribution in [3.05, 3.63) is 48.2 Å². The number of fused-ring (bicyclic) bond motifs is 1. The Morgan fingerprint density at radius 2 is 1.83 bits per heavy atom. The molecular weight excluding hydrogens is 302 g/mol. The van der Waals surface area contributed by atoms with Gasteiger partial charge in [0.25, 0.3) is 0 Å². The number of nitrogens with zero attached hydrogens (tertiary/aromatic N) is 4. The van der Waals surface area contributed by atoms with E-state index in [0.29, 0.717) is 11.8 Å². The standard InChI is InChI=1S/C18H23N5O/c1-21-17(7-8-19-21)20-18(24)23-12-15-10-22(11-16(15)13-23)9-14-5-3-2-4-6-14/h2-8,15-16H,9-13H2,1H3,(H,20,24)/t15-,16+. The number of anilines is 1. The summed E-state index contributed by atoms with van der Waals surface area (Å²) in [5, 5.41) is 7.03. The lowest BCUT2D eigenvalue weighted by molar-refractivity contribution is 0.211. The minimum Gasteiger partial charge on any atom is -0.324 e. The average Bonchev–Trinajstić information content (AvgIpc) is 3.24. The summed E-state index contributed by atoms with van der Waals surface area (Å²) in [5.41, 5.74) is 1.36. The SMILES string of the molecule is Cn1nccc1NC(=O)N1C[C@H]2CN(Cc3ccccc3)C[C@H]2C1. The zero-order valence-corrected chi connectivity index (χ0v) is 13.9. The lowest BCUT2D eigenvalue weighted by Gasteiger charge is -2.22. The molecule has 2 aromatic rings. The molecule has 2 aliphatic heterocycles. The van der Waals surface area contributed by atoms with Crippen molar-refractivity contribution in [1.82, 2.24) is 19.6 Å². The Morgan fingerprint density at radius 1 is 1.12 bits per heavy atom. The first-order valence-corrected chi connectivity index (χ1v) is 8.49. The van der Waals surface area contributed by atoms with Crippen molar-refractivity contribution in [2.24, 2.45) is 18.9 Å². The molecule has 6 heteroatoms. The Morgan fingerprint density at radius 3 is 2.46 bits per heavy atom. The van der Waals surface area contributed by atoms with Crippen molar-refractivity contribution < 1.29 is 4.79 Å². The molecule has 2 amide bonds. The largest absolute Gasteiger partial charge is 0.324 e. The number of amides is 2. The first-order chi connectivity index (χ1) is 11.7. The predicted molar refractivity (Wildman–Crippen MR) is 92.5 cm³/mol. The van der Waals surface area contributed by atoms with Crippen molar-refractivity contribution in [2.45, 2.75) is 6.54 Å². The number of likely N-dealkylation sites (tertiary alicyclic amines) is 2. The molecule has 0 bridgehead atoms. The summed E-state index contributed by atoms with van der Waals surface area (Å²) in [5.74, 6) is 1.92. The molecule has 24 heavy (non-hydrogen) atoms. The molecule has 6 nitrogen and oxygen atoms in total. The van der Waals surface area contributed by atoms with Gasteiger partial charge in [-0.15, -0.1) is 0 Å². The Kier molecular flexibility index (Phi) is 3.98. The molecule has 2 saturated heterocycles. The predicted octanol–water partition coefficient (Wildman–Crippen LogP) is 2.02. The number of aryl methyl sites for hydroxylation is 1. The molecule has 1 N–H and O–H groups in total. The molecule has 0 unspecified atom stereocenters. The summed E-state index contributed by atoms with van der Waals surface area (Å²) in [6, 6.07) is 12.4. The number of urea groups is 1. The molecule has 0 aliphatic carbocycles. The summed E-state index contributed by atoms with van der Waals surface area (Å²) in [7, 11) is 1.83. The number of carbonyl (C=O) groups is 1. The quantitative estimate of drug-likeness (QED) is 0.939. The zero-order chi connectivity index (χ0) is 16.5. The second kappa shape index (κ2) is 6.28. The van der Waals surface area contributed by atoms with Crippen LogP contribution in [0.3, 0.4) is 0 Å². The third-order valence-electron chi connectivity index (χ3n) is 5.15. The number of hydrogen-bond acceptors (Lipinski definition) is 3. The molecule has 4 rings (SSSR count). The maximum Gasteiger partial charge on any atom is 0.323 e. The highest BCUT2D eigenvalue weighted by molar-refractivity contribution is 5.88. The van der Waals surface area contributed by atoms with E-state index in [1.54, 1.807) is 10.9 Å². The average molecular weight is 325 g/mol. The van der Waals surface area contributed by atoms with E-state index >= 15 is 0 Å². The number of nitrogens with one attached hydrogen (secondary N) is 1. The van der Waals surface area contributed by atoms with Gasteiger partial charge in [0.15, 0.2) is 0 Å². The van der Waals surface area contributed by atoms with E-state index in [1.807, 2.05) is 18.0 Å². The Hall–Kier alpha value is -2.34. The van der Waals surface area contributed by atoms with Crippen LogP contribution in [0.15, 0.2) is 42.6 Å². The van der Waals surface area contributed by atoms with E-state index < -0.39 is 0 Å². The van der Waals surface area contributed by atoms with Crippen LogP contribution in [0, 0.1) is 11.8 Å². The van der Waals surface area contributed by atoms with Gasteiger partial charge in [-0.2, -0.15) is 5.10 Å². The van der Waals surface area contributed by atoms with Gasteiger partial charge >= 0.3 is 6.03 Å². The maximum absolute atomic E-state index is 12.4. The molecule has 0 radical (unpaired) electrons. The Balaban J connectivity index is 1.31. The van der Waals surface area contributed by atoms with Gasteiger partial charge in [-0.3, -0.25) is 14.9 Å². The maximum atomic E-state index is 12.4. The molecule has 1 aromatic carbocycles. The molecule has 126 valence electrons. The first kappa shape index (κ1) is 15.2. The molecular formula is C18H23N5O. The van der Waals surface area contributed by atoms with E-state index in [0.717, 1.165) is 38.5 Å². The van der Waals surface area contributed by atoms with E-state index in [4.69, 9.17) is 0 Å². The van der Waals surface area contributed by atoms with Gasteiger partial charge in [0, 0.05) is 45.8 Å². The second-order valence-corrected chi connectivity index (χ2v) is 6.88. The Bertz CT molecular complexity index is 699. The van der Waals surface area contributed by atoms with Crippen LogP contribution in [-0.2, 0) is 13.6 Å². The van der Waals surface area contributed by atoms with Crippen LogP contribution in [-0.4, -0.2) is 51.8 Å². The van der Waals surface area contributed by atoms with Crippen LogP contribution in [0.1, 0.15) is 5.56 Å². The fourth-order valence-electron chi connectivity index (χ4n) is 3.91. The number of hydrogen-bond donors (Lipinski definition) is 1. The highest BCUT2D eigenvalue weighted by Gasteiger charge is 2.41. The van der Waals surface area contributed by atoms with Crippen molar-refractivity contribution >= 4 is 11.8 Å². The monoisotopic (exact) mass is 325 g/mol. The summed E-state index contributed by atoms with van der Waals surface area (Å²) in [6.07, 6.45) is 1.69. The number of rotatable bonds is 3. The molecule has 2 atom stereocenters. The second-order valence-electron chi connectivity index (χ2n) is 6.88. The Labute approximate surface area is 142 Å². The number of benzene rings is 1. The fraction of sp³-hybridized carbons (Fsp3) is 0.444. The number of carbonyl (C=O) groups excluding carboxylic acids is 1. The summed E-state index contributed by atoms with van der Waals surface area (Å²) >= 11 is 0. The smallest absolute Gasteiger partial charge is 0.323 e. The van der Waals surface area contributed by atoms with E-state index in [-0.39, 0.29) is 6.03 Å². The summed E-state index contributed by atoms with van der Waals surface area (Å²) in [6.45, 7) is 4.86. The van der Waals surface area contributed by atoms with E-state index in [1.165, 1.54) is 5.56 Å². The fourth-order valence-corrected chi connectivity index (χ4v) is 3.91. The third-order valence-corrected chi connectivity index (χ3v) is 5.15. The minimum absolute atomic E-state index is 0.0115. The minimum atomic E-state index is -0.0115. The van der Waals surface area contributed by atoms with Gasteiger partial charge < -0.3 is 4.90 Å². The van der Waals surface area contributed by atoms with Crippen LogP contribution in [0.2, 0.25) is 0 Å². The lowest BCUT2D eigenvalue weighted by Crippen LogP contribution is -2.36. The molecule has 0 spiro atoms. The van der Waals surface area contributed by atoms with Gasteiger partial charge in [0.2, 0.25) is 0 Å². The van der Waals surface area contributed by atoms with E-state index in [2.05, 4.69) is 45.6 Å². The van der Waals surface area contributed by atoms with Crippen molar-refractivity contribution in [1.29, 1.82) is 0 Å². The van der Waals surface area contributed by atoms with Crippen LogP contribution in [0.5, 0.6) is 0 Å². The van der Waals surface area contributed by atoms with Crippen molar-refractivity contribution in [3.63, 3.8) is 0 Å². The normalized spacial score (nSPS) is 23.5. The highest BCUT2D eigenvalue weighted by Crippen LogP contribution is 2.32. The van der Waals surface area contributed by atoms with Gasteiger partial charge in [-0.05, 0) is 17.4 Å².